The molecule has 3 aromatic heterocycles. The SMILES string of the molecule is CSc1cccc(Cc2c(C)nc3nonc3c2N)n1. The molecule has 0 unspecified atom stereocenters. The van der Waals surface area contributed by atoms with Crippen LogP contribution in [-0.4, -0.2) is 26.5 Å². The van der Waals surface area contributed by atoms with Crippen molar-refractivity contribution in [3.8, 4) is 0 Å². The quantitative estimate of drug-likeness (QED) is 0.738. The van der Waals surface area contributed by atoms with Crippen LogP contribution in [0.15, 0.2) is 27.9 Å². The lowest BCUT2D eigenvalue weighted by Gasteiger charge is -2.08. The minimum absolute atomic E-state index is 0.439. The minimum Gasteiger partial charge on any atom is -0.396 e. The van der Waals surface area contributed by atoms with Gasteiger partial charge in [-0.05, 0) is 35.6 Å². The van der Waals surface area contributed by atoms with Gasteiger partial charge in [-0.15, -0.1) is 11.8 Å². The van der Waals surface area contributed by atoms with Crippen molar-refractivity contribution in [1.82, 2.24) is 20.3 Å². The molecule has 0 saturated heterocycles. The standard InChI is InChI=1S/C13H13N5OS/c1-7-9(6-8-4-3-5-10(16-8)20-2)11(14)12-13(15-7)18-19-17-12/h3-5H,6,14H2,1-2H3. The fraction of sp³-hybridized carbons (Fsp3) is 0.231. The van der Waals surface area contributed by atoms with Crippen LogP contribution in [0.5, 0.6) is 0 Å². The molecule has 0 spiro atoms. The molecule has 0 fully saturated rings. The molecule has 20 heavy (non-hydrogen) atoms. The van der Waals surface area contributed by atoms with Gasteiger partial charge >= 0.3 is 0 Å². The van der Waals surface area contributed by atoms with Crippen LogP contribution >= 0.6 is 11.8 Å². The minimum atomic E-state index is 0.439. The summed E-state index contributed by atoms with van der Waals surface area (Å²) in [5, 5.41) is 8.50. The van der Waals surface area contributed by atoms with Crippen LogP contribution in [-0.2, 0) is 6.42 Å². The molecule has 7 heteroatoms. The molecule has 0 aliphatic carbocycles. The molecule has 3 rings (SSSR count). The molecular formula is C13H13N5OS. The van der Waals surface area contributed by atoms with E-state index in [4.69, 9.17) is 5.73 Å². The Morgan fingerprint density at radius 1 is 1.25 bits per heavy atom. The van der Waals surface area contributed by atoms with Crippen molar-refractivity contribution in [2.24, 2.45) is 0 Å². The van der Waals surface area contributed by atoms with Gasteiger partial charge in [0.1, 0.15) is 0 Å². The van der Waals surface area contributed by atoms with E-state index in [1.165, 1.54) is 0 Å². The zero-order valence-electron chi connectivity index (χ0n) is 11.1. The molecular weight excluding hydrogens is 274 g/mol. The summed E-state index contributed by atoms with van der Waals surface area (Å²) in [5.41, 5.74) is 10.3. The Hall–Kier alpha value is -2.15. The van der Waals surface area contributed by atoms with E-state index in [0.29, 0.717) is 23.3 Å². The van der Waals surface area contributed by atoms with Gasteiger partial charge in [-0.1, -0.05) is 6.07 Å². The Bertz CT molecular complexity index is 771. The first kappa shape index (κ1) is 12.9. The Morgan fingerprint density at radius 3 is 2.90 bits per heavy atom. The van der Waals surface area contributed by atoms with Crippen LogP contribution in [0, 0.1) is 6.92 Å². The average molecular weight is 287 g/mol. The Morgan fingerprint density at radius 2 is 2.10 bits per heavy atom. The topological polar surface area (TPSA) is 90.7 Å². The van der Waals surface area contributed by atoms with E-state index in [9.17, 15) is 0 Å². The summed E-state index contributed by atoms with van der Waals surface area (Å²) in [6.07, 6.45) is 2.61. The van der Waals surface area contributed by atoms with E-state index in [1.807, 2.05) is 31.4 Å². The number of aromatic nitrogens is 4. The van der Waals surface area contributed by atoms with Crippen LogP contribution < -0.4 is 5.73 Å². The summed E-state index contributed by atoms with van der Waals surface area (Å²) in [4.78, 5) is 8.91. The third kappa shape index (κ3) is 2.20. The summed E-state index contributed by atoms with van der Waals surface area (Å²) >= 11 is 1.61. The summed E-state index contributed by atoms with van der Waals surface area (Å²) in [6.45, 7) is 1.90. The Kier molecular flexibility index (Phi) is 3.27. The van der Waals surface area contributed by atoms with Crippen molar-refractivity contribution >= 4 is 28.6 Å². The van der Waals surface area contributed by atoms with Crippen molar-refractivity contribution in [1.29, 1.82) is 0 Å². The zero-order chi connectivity index (χ0) is 14.1. The van der Waals surface area contributed by atoms with Crippen LogP contribution in [0.4, 0.5) is 5.69 Å². The summed E-state index contributed by atoms with van der Waals surface area (Å²) in [7, 11) is 0. The van der Waals surface area contributed by atoms with Gasteiger partial charge in [-0.25, -0.2) is 14.6 Å². The van der Waals surface area contributed by atoms with E-state index in [-0.39, 0.29) is 0 Å². The maximum Gasteiger partial charge on any atom is 0.226 e. The van der Waals surface area contributed by atoms with Crippen LogP contribution in [0.25, 0.3) is 11.2 Å². The molecule has 0 aliphatic rings. The first-order valence-corrected chi connectivity index (χ1v) is 7.28. The number of thioether (sulfide) groups is 1. The summed E-state index contributed by atoms with van der Waals surface area (Å²) < 4.78 is 4.68. The van der Waals surface area contributed by atoms with Gasteiger partial charge in [0, 0.05) is 23.4 Å². The number of rotatable bonds is 3. The second kappa shape index (κ2) is 5.09. The van der Waals surface area contributed by atoms with Crippen molar-refractivity contribution in [3.05, 3.63) is 35.2 Å². The van der Waals surface area contributed by atoms with Gasteiger partial charge in [0.15, 0.2) is 5.52 Å². The fourth-order valence-corrected chi connectivity index (χ4v) is 2.49. The highest BCUT2D eigenvalue weighted by molar-refractivity contribution is 7.98. The number of pyridine rings is 2. The molecule has 102 valence electrons. The van der Waals surface area contributed by atoms with E-state index < -0.39 is 0 Å². The molecule has 0 atom stereocenters. The molecule has 3 aromatic rings. The lowest BCUT2D eigenvalue weighted by molar-refractivity contribution is 0.315. The van der Waals surface area contributed by atoms with E-state index >= 15 is 0 Å². The predicted octanol–water partition coefficient (Wildman–Crippen LogP) is 2.22. The first-order valence-electron chi connectivity index (χ1n) is 6.06. The largest absolute Gasteiger partial charge is 0.396 e. The summed E-state index contributed by atoms with van der Waals surface area (Å²) in [6, 6.07) is 5.94. The maximum atomic E-state index is 6.15. The van der Waals surface area contributed by atoms with Crippen LogP contribution in [0.3, 0.4) is 0 Å². The maximum absolute atomic E-state index is 6.15. The molecule has 6 nitrogen and oxygen atoms in total. The second-order valence-corrected chi connectivity index (χ2v) is 5.20. The number of aryl methyl sites for hydroxylation is 1. The van der Waals surface area contributed by atoms with Crippen molar-refractivity contribution in [2.45, 2.75) is 18.4 Å². The van der Waals surface area contributed by atoms with Gasteiger partial charge in [-0.2, -0.15) is 0 Å². The predicted molar refractivity (Wildman–Crippen MR) is 77.6 cm³/mol. The Balaban J connectivity index is 2.05. The van der Waals surface area contributed by atoms with Crippen molar-refractivity contribution < 1.29 is 4.63 Å². The molecule has 3 heterocycles. The molecule has 0 saturated carbocycles. The molecule has 0 radical (unpaired) electrons. The van der Waals surface area contributed by atoms with Gasteiger partial charge in [0.25, 0.3) is 0 Å². The molecule has 2 N–H and O–H groups in total. The number of fused-ring (bicyclic) bond motifs is 1. The fourth-order valence-electron chi connectivity index (χ4n) is 2.07. The highest BCUT2D eigenvalue weighted by Crippen LogP contribution is 2.25. The first-order chi connectivity index (χ1) is 9.69. The van der Waals surface area contributed by atoms with E-state index in [0.717, 1.165) is 22.0 Å². The smallest absolute Gasteiger partial charge is 0.226 e. The number of nitrogens with zero attached hydrogens (tertiary/aromatic N) is 4. The molecule has 0 amide bonds. The zero-order valence-corrected chi connectivity index (χ0v) is 11.9. The summed E-state index contributed by atoms with van der Waals surface area (Å²) in [5.74, 6) is 0. The van der Waals surface area contributed by atoms with Crippen LogP contribution in [0.2, 0.25) is 0 Å². The van der Waals surface area contributed by atoms with Crippen LogP contribution in [0.1, 0.15) is 17.0 Å². The number of anilines is 1. The van der Waals surface area contributed by atoms with Gasteiger partial charge in [0.05, 0.1) is 10.7 Å². The number of nitrogens with two attached hydrogens (primary N) is 1. The van der Waals surface area contributed by atoms with Crippen molar-refractivity contribution in [3.63, 3.8) is 0 Å². The van der Waals surface area contributed by atoms with Gasteiger partial charge in [0.2, 0.25) is 5.65 Å². The van der Waals surface area contributed by atoms with Gasteiger partial charge < -0.3 is 5.73 Å². The number of hydrogen-bond donors (Lipinski definition) is 1. The average Bonchev–Trinajstić information content (AvgIpc) is 2.92. The molecule has 0 bridgehead atoms. The number of hydrogen-bond acceptors (Lipinski definition) is 7. The van der Waals surface area contributed by atoms with Crippen molar-refractivity contribution in [2.75, 3.05) is 12.0 Å². The van der Waals surface area contributed by atoms with E-state index in [2.05, 4.69) is 24.9 Å². The lowest BCUT2D eigenvalue weighted by atomic mass is 10.1. The third-order valence-electron chi connectivity index (χ3n) is 3.11. The third-order valence-corrected chi connectivity index (χ3v) is 3.76. The lowest BCUT2D eigenvalue weighted by Crippen LogP contribution is -2.04. The number of nitrogen functional groups attached to an aromatic ring is 1. The van der Waals surface area contributed by atoms with Gasteiger partial charge in [-0.3, -0.25) is 0 Å². The normalized spacial score (nSPS) is 11.1. The highest BCUT2D eigenvalue weighted by atomic mass is 32.2. The molecule has 0 aromatic carbocycles. The van der Waals surface area contributed by atoms with E-state index in [1.54, 1.807) is 11.8 Å². The monoisotopic (exact) mass is 287 g/mol. The molecule has 0 aliphatic heterocycles. The Labute approximate surface area is 119 Å². The highest BCUT2D eigenvalue weighted by Gasteiger charge is 2.15. The second-order valence-electron chi connectivity index (χ2n) is 4.37.